The minimum absolute atomic E-state index is 0.0134. The lowest BCUT2D eigenvalue weighted by Crippen LogP contribution is -2.28. The van der Waals surface area contributed by atoms with Gasteiger partial charge in [0.25, 0.3) is 0 Å². The summed E-state index contributed by atoms with van der Waals surface area (Å²) in [7, 11) is 0. The van der Waals surface area contributed by atoms with E-state index >= 15 is 0 Å². The Kier molecular flexibility index (Phi) is 11.1. The molecule has 3 N–H and O–H groups in total. The van der Waals surface area contributed by atoms with E-state index in [0.29, 0.717) is 5.56 Å². The first kappa shape index (κ1) is 23.5. The van der Waals surface area contributed by atoms with Gasteiger partial charge in [-0.1, -0.05) is 78.1 Å². The number of hydrogen-bond acceptors (Lipinski definition) is 4. The zero-order valence-corrected chi connectivity index (χ0v) is 17.3. The monoisotopic (exact) mass is 378 g/mol. The molecule has 4 nitrogen and oxygen atoms in total. The van der Waals surface area contributed by atoms with E-state index in [2.05, 4.69) is 6.92 Å². The van der Waals surface area contributed by atoms with Crippen molar-refractivity contribution in [1.29, 1.82) is 0 Å². The Bertz CT molecular complexity index is 568. The van der Waals surface area contributed by atoms with Crippen LogP contribution in [-0.4, -0.2) is 27.2 Å². The first-order chi connectivity index (χ1) is 12.9. The summed E-state index contributed by atoms with van der Waals surface area (Å²) < 4.78 is 0. The van der Waals surface area contributed by atoms with E-state index in [9.17, 15) is 20.1 Å². The van der Waals surface area contributed by atoms with Crippen LogP contribution in [0, 0.1) is 12.8 Å². The molecule has 0 aliphatic heterocycles. The number of benzene rings is 1. The highest BCUT2D eigenvalue weighted by atomic mass is 16.3. The summed E-state index contributed by atoms with van der Waals surface area (Å²) in [6.45, 7) is 5.74. The van der Waals surface area contributed by atoms with Crippen LogP contribution < -0.4 is 0 Å². The molecule has 4 heteroatoms. The maximum absolute atomic E-state index is 12.4. The molecule has 0 aromatic heterocycles. The molecular weight excluding hydrogens is 340 g/mol. The number of ketones is 1. The Hall–Kier alpha value is -1.55. The highest BCUT2D eigenvalue weighted by molar-refractivity contribution is 6.02. The molecule has 0 saturated carbocycles. The van der Waals surface area contributed by atoms with Crippen molar-refractivity contribution in [3.8, 4) is 11.5 Å². The number of phenols is 2. The van der Waals surface area contributed by atoms with Gasteiger partial charge in [0.2, 0.25) is 0 Å². The Morgan fingerprint density at radius 1 is 0.889 bits per heavy atom. The second-order valence-electron chi connectivity index (χ2n) is 7.91. The number of aliphatic hydroxyl groups is 1. The Labute approximate surface area is 164 Å². The van der Waals surface area contributed by atoms with Crippen LogP contribution in [-0.2, 0) is 0 Å². The van der Waals surface area contributed by atoms with Crippen LogP contribution in [0.5, 0.6) is 11.5 Å². The summed E-state index contributed by atoms with van der Waals surface area (Å²) in [4.78, 5) is 12.4. The van der Waals surface area contributed by atoms with Crippen molar-refractivity contribution >= 4 is 5.78 Å². The standard InChI is InChI=1S/C23H38O4/c1-4-5-6-7-8-9-10-11-12-13-14-17(2)22(26)23(27)19-16-20(24)18(3)15-21(19)25/h15-17,22,24-26H,4-14H2,1-3H3. The van der Waals surface area contributed by atoms with Crippen LogP contribution in [0.1, 0.15) is 100 Å². The predicted molar refractivity (Wildman–Crippen MR) is 110 cm³/mol. The zero-order valence-electron chi connectivity index (χ0n) is 17.3. The summed E-state index contributed by atoms with van der Waals surface area (Å²) in [5.74, 6) is -0.942. The molecule has 2 atom stereocenters. The van der Waals surface area contributed by atoms with Crippen LogP contribution in [0.2, 0.25) is 0 Å². The molecule has 0 aliphatic carbocycles. The SMILES string of the molecule is CCCCCCCCCCCCC(C)C(O)C(=O)c1cc(O)c(C)cc1O. The number of aromatic hydroxyl groups is 2. The number of aliphatic hydroxyl groups excluding tert-OH is 1. The maximum atomic E-state index is 12.4. The number of phenolic OH excluding ortho intramolecular Hbond substituents is 2. The topological polar surface area (TPSA) is 77.8 Å². The summed E-state index contributed by atoms with van der Waals surface area (Å²) in [6, 6.07) is 2.59. The van der Waals surface area contributed by atoms with Crippen molar-refractivity contribution in [2.45, 2.75) is 97.5 Å². The van der Waals surface area contributed by atoms with Crippen molar-refractivity contribution in [2.75, 3.05) is 0 Å². The number of hydrogen-bond donors (Lipinski definition) is 3. The largest absolute Gasteiger partial charge is 0.508 e. The van der Waals surface area contributed by atoms with E-state index in [0.717, 1.165) is 19.3 Å². The Morgan fingerprint density at radius 2 is 1.41 bits per heavy atom. The fraction of sp³-hybridized carbons (Fsp3) is 0.696. The van der Waals surface area contributed by atoms with Crippen molar-refractivity contribution < 1.29 is 20.1 Å². The molecule has 1 aromatic carbocycles. The molecular formula is C23H38O4. The van der Waals surface area contributed by atoms with Crippen LogP contribution in [0.4, 0.5) is 0 Å². The van der Waals surface area contributed by atoms with Gasteiger partial charge in [0.05, 0.1) is 5.56 Å². The van der Waals surface area contributed by atoms with Crippen LogP contribution in [0.25, 0.3) is 0 Å². The Balaban J connectivity index is 2.27. The Morgan fingerprint density at radius 3 is 1.96 bits per heavy atom. The number of unbranched alkanes of at least 4 members (excludes halogenated alkanes) is 9. The van der Waals surface area contributed by atoms with Gasteiger partial charge in [-0.05, 0) is 37.0 Å². The third-order valence-corrected chi connectivity index (χ3v) is 5.40. The van der Waals surface area contributed by atoms with E-state index in [1.54, 1.807) is 6.92 Å². The second-order valence-corrected chi connectivity index (χ2v) is 7.91. The number of carbonyl (C=O) groups is 1. The lowest BCUT2D eigenvalue weighted by molar-refractivity contribution is 0.0607. The van der Waals surface area contributed by atoms with E-state index in [1.807, 2.05) is 6.92 Å². The molecule has 0 radical (unpaired) electrons. The van der Waals surface area contributed by atoms with Gasteiger partial charge in [0.1, 0.15) is 17.6 Å². The molecule has 0 fully saturated rings. The highest BCUT2D eigenvalue weighted by Crippen LogP contribution is 2.29. The van der Waals surface area contributed by atoms with Crippen LogP contribution in [0.15, 0.2) is 12.1 Å². The van der Waals surface area contributed by atoms with Crippen LogP contribution >= 0.6 is 0 Å². The molecule has 0 amide bonds. The van der Waals surface area contributed by atoms with Gasteiger partial charge in [-0.25, -0.2) is 0 Å². The normalized spacial score (nSPS) is 13.5. The minimum Gasteiger partial charge on any atom is -0.508 e. The van der Waals surface area contributed by atoms with Crippen molar-refractivity contribution in [3.63, 3.8) is 0 Å². The predicted octanol–water partition coefficient (Wildman–Crippen LogP) is 5.90. The number of rotatable bonds is 14. The van der Waals surface area contributed by atoms with E-state index in [1.165, 1.54) is 63.5 Å². The average Bonchev–Trinajstić information content (AvgIpc) is 2.64. The average molecular weight is 379 g/mol. The fourth-order valence-electron chi connectivity index (χ4n) is 3.41. The highest BCUT2D eigenvalue weighted by Gasteiger charge is 2.26. The first-order valence-electron chi connectivity index (χ1n) is 10.6. The molecule has 154 valence electrons. The summed E-state index contributed by atoms with van der Waals surface area (Å²) in [6.07, 6.45) is 12.2. The van der Waals surface area contributed by atoms with Crippen molar-refractivity contribution in [3.05, 3.63) is 23.3 Å². The second kappa shape index (κ2) is 12.8. The molecule has 0 aliphatic rings. The van der Waals surface area contributed by atoms with Crippen molar-refractivity contribution in [1.82, 2.24) is 0 Å². The lowest BCUT2D eigenvalue weighted by Gasteiger charge is -2.18. The summed E-state index contributed by atoms with van der Waals surface area (Å²) in [5, 5.41) is 30.0. The third-order valence-electron chi connectivity index (χ3n) is 5.40. The number of Topliss-reactive ketones (excluding diaryl/α,β-unsaturated/α-hetero) is 1. The van der Waals surface area contributed by atoms with Gasteiger partial charge in [0.15, 0.2) is 5.78 Å². The molecule has 1 aromatic rings. The van der Waals surface area contributed by atoms with Gasteiger partial charge in [-0.2, -0.15) is 0 Å². The van der Waals surface area contributed by atoms with Gasteiger partial charge < -0.3 is 15.3 Å². The van der Waals surface area contributed by atoms with Crippen LogP contribution in [0.3, 0.4) is 0 Å². The first-order valence-corrected chi connectivity index (χ1v) is 10.6. The molecule has 2 unspecified atom stereocenters. The summed E-state index contributed by atoms with van der Waals surface area (Å²) in [5.41, 5.74) is 0.484. The fourth-order valence-corrected chi connectivity index (χ4v) is 3.41. The van der Waals surface area contributed by atoms with Gasteiger partial charge in [-0.15, -0.1) is 0 Å². The molecule has 1 rings (SSSR count). The zero-order chi connectivity index (χ0) is 20.2. The molecule has 0 bridgehead atoms. The third kappa shape index (κ3) is 8.34. The quantitative estimate of drug-likeness (QED) is 0.214. The summed E-state index contributed by atoms with van der Waals surface area (Å²) >= 11 is 0. The van der Waals surface area contributed by atoms with E-state index in [-0.39, 0.29) is 23.0 Å². The number of carbonyl (C=O) groups excluding carboxylic acids is 1. The van der Waals surface area contributed by atoms with E-state index < -0.39 is 11.9 Å². The van der Waals surface area contributed by atoms with Gasteiger partial charge >= 0.3 is 0 Å². The molecule has 0 spiro atoms. The lowest BCUT2D eigenvalue weighted by atomic mass is 9.91. The minimum atomic E-state index is -1.16. The van der Waals surface area contributed by atoms with Gasteiger partial charge in [0, 0.05) is 0 Å². The van der Waals surface area contributed by atoms with Crippen molar-refractivity contribution in [2.24, 2.45) is 5.92 Å². The maximum Gasteiger partial charge on any atom is 0.195 e. The molecule has 27 heavy (non-hydrogen) atoms. The van der Waals surface area contributed by atoms with Gasteiger partial charge in [-0.3, -0.25) is 4.79 Å². The molecule has 0 heterocycles. The van der Waals surface area contributed by atoms with E-state index in [4.69, 9.17) is 0 Å². The smallest absolute Gasteiger partial charge is 0.195 e. The number of aryl methyl sites for hydroxylation is 1. The molecule has 0 saturated heterocycles.